The average molecular weight is 311 g/mol. The van der Waals surface area contributed by atoms with Gasteiger partial charge in [0.2, 0.25) is 5.91 Å². The topological polar surface area (TPSA) is 141 Å². The van der Waals surface area contributed by atoms with Gasteiger partial charge in [-0.3, -0.25) is 14.4 Å². The van der Waals surface area contributed by atoms with E-state index in [9.17, 15) is 24.3 Å². The zero-order chi connectivity index (χ0) is 16.4. The molecule has 8 nitrogen and oxygen atoms in total. The quantitative estimate of drug-likeness (QED) is 0.483. The molecule has 5 atom stereocenters. The fraction of sp³-hybridized carbons (Fsp3) is 0.571. The van der Waals surface area contributed by atoms with E-state index < -0.39 is 48.1 Å². The summed E-state index contributed by atoms with van der Waals surface area (Å²) < 4.78 is 0. The first kappa shape index (κ1) is 16.0. The molecule has 22 heavy (non-hydrogen) atoms. The molecule has 0 unspecified atom stereocenters. The molecule has 0 aliphatic heterocycles. The third-order valence-corrected chi connectivity index (χ3v) is 4.31. The third kappa shape index (κ3) is 3.10. The SMILES string of the molecule is O=C(O)CC[C@H](NC(=O)[C@H]1[C@@H](C(=O)O)[C@@H]2C=C[C@H]1C2)C(=O)O. The molecular formula is C14H17NO7. The first-order valence-corrected chi connectivity index (χ1v) is 6.97. The Bertz CT molecular complexity index is 541. The van der Waals surface area contributed by atoms with E-state index in [1.165, 1.54) is 0 Å². The molecule has 120 valence electrons. The Hall–Kier alpha value is -2.38. The van der Waals surface area contributed by atoms with Gasteiger partial charge in [-0.15, -0.1) is 0 Å². The fourth-order valence-electron chi connectivity index (χ4n) is 3.31. The lowest BCUT2D eigenvalue weighted by Crippen LogP contribution is -2.47. The number of amides is 1. The molecule has 1 amide bonds. The highest BCUT2D eigenvalue weighted by Gasteiger charge is 2.52. The van der Waals surface area contributed by atoms with Crippen LogP contribution in [0.4, 0.5) is 0 Å². The summed E-state index contributed by atoms with van der Waals surface area (Å²) in [6.07, 6.45) is 3.51. The molecule has 0 aromatic rings. The lowest BCUT2D eigenvalue weighted by atomic mass is 9.82. The maximum absolute atomic E-state index is 12.3. The van der Waals surface area contributed by atoms with Gasteiger partial charge in [0.1, 0.15) is 6.04 Å². The zero-order valence-electron chi connectivity index (χ0n) is 11.6. The number of nitrogens with one attached hydrogen (secondary N) is 1. The molecule has 2 aliphatic carbocycles. The van der Waals surface area contributed by atoms with E-state index in [-0.39, 0.29) is 18.3 Å². The largest absolute Gasteiger partial charge is 0.481 e. The predicted molar refractivity (Wildman–Crippen MR) is 71.8 cm³/mol. The highest BCUT2D eigenvalue weighted by Crippen LogP contribution is 2.48. The maximum atomic E-state index is 12.3. The van der Waals surface area contributed by atoms with Crippen LogP contribution in [-0.2, 0) is 19.2 Å². The van der Waals surface area contributed by atoms with Crippen LogP contribution >= 0.6 is 0 Å². The summed E-state index contributed by atoms with van der Waals surface area (Å²) in [5.41, 5.74) is 0. The first-order valence-electron chi connectivity index (χ1n) is 6.97. The van der Waals surface area contributed by atoms with Crippen LogP contribution in [0.2, 0.25) is 0 Å². The second kappa shape index (κ2) is 6.17. The molecule has 1 fully saturated rings. The van der Waals surface area contributed by atoms with Crippen molar-refractivity contribution in [3.63, 3.8) is 0 Å². The van der Waals surface area contributed by atoms with Gasteiger partial charge in [0.15, 0.2) is 0 Å². The Morgan fingerprint density at radius 1 is 1.05 bits per heavy atom. The van der Waals surface area contributed by atoms with Gasteiger partial charge in [-0.25, -0.2) is 4.79 Å². The van der Waals surface area contributed by atoms with E-state index in [0.29, 0.717) is 6.42 Å². The van der Waals surface area contributed by atoms with Crippen molar-refractivity contribution in [2.45, 2.75) is 25.3 Å². The van der Waals surface area contributed by atoms with E-state index in [4.69, 9.17) is 10.2 Å². The van der Waals surface area contributed by atoms with E-state index in [1.54, 1.807) is 12.2 Å². The minimum Gasteiger partial charge on any atom is -0.481 e. The molecule has 0 aromatic carbocycles. The highest BCUT2D eigenvalue weighted by molar-refractivity contribution is 5.90. The van der Waals surface area contributed by atoms with Gasteiger partial charge in [-0.1, -0.05) is 12.2 Å². The molecule has 2 rings (SSSR count). The molecular weight excluding hydrogens is 294 g/mol. The number of carbonyl (C=O) groups is 4. The second-order valence-corrected chi connectivity index (χ2v) is 5.67. The summed E-state index contributed by atoms with van der Waals surface area (Å²) >= 11 is 0. The summed E-state index contributed by atoms with van der Waals surface area (Å²) in [6.45, 7) is 0. The monoisotopic (exact) mass is 311 g/mol. The summed E-state index contributed by atoms with van der Waals surface area (Å²) in [5.74, 6) is -6.29. The molecule has 1 saturated carbocycles. The summed E-state index contributed by atoms with van der Waals surface area (Å²) in [7, 11) is 0. The molecule has 0 heterocycles. The predicted octanol–water partition coefficient (Wildman–Crippen LogP) is -0.0565. The lowest BCUT2D eigenvalue weighted by Gasteiger charge is -2.25. The Kier molecular flexibility index (Phi) is 4.48. The number of carbonyl (C=O) groups excluding carboxylic acids is 1. The third-order valence-electron chi connectivity index (χ3n) is 4.31. The summed E-state index contributed by atoms with van der Waals surface area (Å²) in [5, 5.41) is 29.2. The van der Waals surface area contributed by atoms with Crippen LogP contribution in [0.3, 0.4) is 0 Å². The molecule has 2 aliphatic rings. The van der Waals surface area contributed by atoms with Gasteiger partial charge in [0, 0.05) is 6.42 Å². The van der Waals surface area contributed by atoms with Gasteiger partial charge >= 0.3 is 17.9 Å². The minimum atomic E-state index is -1.33. The maximum Gasteiger partial charge on any atom is 0.326 e. The van der Waals surface area contributed by atoms with Crippen molar-refractivity contribution in [3.05, 3.63) is 12.2 Å². The Balaban J connectivity index is 2.06. The van der Waals surface area contributed by atoms with Gasteiger partial charge in [0.05, 0.1) is 11.8 Å². The van der Waals surface area contributed by atoms with Crippen molar-refractivity contribution in [3.8, 4) is 0 Å². The standard InChI is InChI=1S/C14H17NO7/c16-9(17)4-3-8(13(19)20)15-12(18)10-6-1-2-7(5-6)11(10)14(21)22/h1-2,6-8,10-11H,3-5H2,(H,15,18)(H,16,17)(H,19,20)(H,21,22)/t6-,7+,8-,10+,11-/m0/s1. The second-order valence-electron chi connectivity index (χ2n) is 5.67. The van der Waals surface area contributed by atoms with Crippen LogP contribution in [0.25, 0.3) is 0 Å². The van der Waals surface area contributed by atoms with Crippen LogP contribution in [0.15, 0.2) is 12.2 Å². The van der Waals surface area contributed by atoms with Crippen molar-refractivity contribution in [1.82, 2.24) is 5.32 Å². The Morgan fingerprint density at radius 2 is 1.64 bits per heavy atom. The average Bonchev–Trinajstić information content (AvgIpc) is 3.02. The number of aliphatic carboxylic acids is 3. The smallest absolute Gasteiger partial charge is 0.326 e. The summed E-state index contributed by atoms with van der Waals surface area (Å²) in [4.78, 5) is 45.2. The molecule has 2 bridgehead atoms. The van der Waals surface area contributed by atoms with Gasteiger partial charge in [0.25, 0.3) is 0 Å². The number of carboxylic acid groups (broad SMARTS) is 3. The van der Waals surface area contributed by atoms with Crippen molar-refractivity contribution in [2.75, 3.05) is 0 Å². The lowest BCUT2D eigenvalue weighted by molar-refractivity contribution is -0.149. The first-order chi connectivity index (χ1) is 10.3. The minimum absolute atomic E-state index is 0.208. The van der Waals surface area contributed by atoms with Crippen molar-refractivity contribution < 1.29 is 34.5 Å². The van der Waals surface area contributed by atoms with Gasteiger partial charge < -0.3 is 20.6 Å². The molecule has 0 saturated heterocycles. The molecule has 4 N–H and O–H groups in total. The van der Waals surface area contributed by atoms with Crippen molar-refractivity contribution in [1.29, 1.82) is 0 Å². The molecule has 0 spiro atoms. The van der Waals surface area contributed by atoms with Crippen molar-refractivity contribution in [2.24, 2.45) is 23.7 Å². The molecule has 8 heteroatoms. The van der Waals surface area contributed by atoms with Gasteiger partial charge in [-0.2, -0.15) is 0 Å². The Morgan fingerprint density at radius 3 is 2.14 bits per heavy atom. The number of hydrogen-bond donors (Lipinski definition) is 4. The zero-order valence-corrected chi connectivity index (χ0v) is 11.6. The van der Waals surface area contributed by atoms with Crippen molar-refractivity contribution >= 4 is 23.8 Å². The number of rotatable bonds is 7. The normalized spacial score (nSPS) is 30.0. The van der Waals surface area contributed by atoms with Gasteiger partial charge in [-0.05, 0) is 24.7 Å². The number of allylic oxidation sites excluding steroid dienone is 2. The fourth-order valence-corrected chi connectivity index (χ4v) is 3.31. The Labute approximate surface area is 125 Å². The van der Waals surface area contributed by atoms with E-state index in [2.05, 4.69) is 5.32 Å². The molecule has 0 radical (unpaired) electrons. The van der Waals surface area contributed by atoms with Crippen LogP contribution in [0.1, 0.15) is 19.3 Å². The van der Waals surface area contributed by atoms with E-state index in [1.807, 2.05) is 0 Å². The van der Waals surface area contributed by atoms with Crippen LogP contribution < -0.4 is 5.32 Å². The van der Waals surface area contributed by atoms with Crippen LogP contribution in [0, 0.1) is 23.7 Å². The van der Waals surface area contributed by atoms with E-state index in [0.717, 1.165) is 0 Å². The highest BCUT2D eigenvalue weighted by atomic mass is 16.4. The van der Waals surface area contributed by atoms with E-state index >= 15 is 0 Å². The van der Waals surface area contributed by atoms with Crippen LogP contribution in [0.5, 0.6) is 0 Å². The number of fused-ring (bicyclic) bond motifs is 2. The molecule has 0 aromatic heterocycles. The number of hydrogen-bond acceptors (Lipinski definition) is 4. The number of carboxylic acids is 3. The summed E-state index contributed by atoms with van der Waals surface area (Å²) in [6, 6.07) is -1.33. The van der Waals surface area contributed by atoms with Crippen LogP contribution in [-0.4, -0.2) is 45.2 Å².